The quantitative estimate of drug-likeness (QED) is 0.878. The van der Waals surface area contributed by atoms with Gasteiger partial charge >= 0.3 is 12.0 Å². The molecule has 120 valence electrons. The molecule has 0 radical (unpaired) electrons. The van der Waals surface area contributed by atoms with Crippen molar-refractivity contribution in [2.24, 2.45) is 5.41 Å². The second kappa shape index (κ2) is 6.81. The molecule has 1 aromatic rings. The molecule has 1 heterocycles. The van der Waals surface area contributed by atoms with Gasteiger partial charge in [0, 0.05) is 19.1 Å². The van der Waals surface area contributed by atoms with E-state index < -0.39 is 11.4 Å². The SMILES string of the molecule is CC(CCc1ccccc1)NC(=O)N1CCC(C)(C(=O)O)C1. The molecule has 2 unspecified atom stereocenters. The largest absolute Gasteiger partial charge is 0.481 e. The predicted octanol–water partition coefficient (Wildman–Crippen LogP) is 2.51. The Morgan fingerprint density at radius 1 is 1.36 bits per heavy atom. The molecular formula is C17H24N2O3. The average Bonchev–Trinajstić information content (AvgIpc) is 2.90. The van der Waals surface area contributed by atoms with Gasteiger partial charge in [-0.2, -0.15) is 0 Å². The van der Waals surface area contributed by atoms with Crippen LogP contribution in [0.5, 0.6) is 0 Å². The zero-order valence-corrected chi connectivity index (χ0v) is 13.2. The van der Waals surface area contributed by atoms with Crippen molar-refractivity contribution >= 4 is 12.0 Å². The van der Waals surface area contributed by atoms with Crippen LogP contribution in [-0.4, -0.2) is 41.1 Å². The summed E-state index contributed by atoms with van der Waals surface area (Å²) >= 11 is 0. The van der Waals surface area contributed by atoms with Crippen LogP contribution < -0.4 is 5.32 Å². The topological polar surface area (TPSA) is 69.6 Å². The standard InChI is InChI=1S/C17H24N2O3/c1-13(8-9-14-6-4-3-5-7-14)18-16(22)19-11-10-17(2,12-19)15(20)21/h3-7,13H,8-12H2,1-2H3,(H,18,22)(H,20,21). The third kappa shape index (κ3) is 4.00. The first kappa shape index (κ1) is 16.3. The maximum absolute atomic E-state index is 12.2. The summed E-state index contributed by atoms with van der Waals surface area (Å²) in [5.74, 6) is -0.833. The van der Waals surface area contributed by atoms with E-state index in [1.165, 1.54) is 5.56 Å². The molecule has 2 rings (SSSR count). The molecule has 0 saturated carbocycles. The first-order chi connectivity index (χ1) is 10.4. The van der Waals surface area contributed by atoms with Crippen LogP contribution in [0.15, 0.2) is 30.3 Å². The highest BCUT2D eigenvalue weighted by Crippen LogP contribution is 2.30. The van der Waals surface area contributed by atoms with Crippen LogP contribution >= 0.6 is 0 Å². The number of amides is 2. The number of likely N-dealkylation sites (tertiary alicyclic amines) is 1. The van der Waals surface area contributed by atoms with Crippen LogP contribution in [0.4, 0.5) is 4.79 Å². The van der Waals surface area contributed by atoms with E-state index in [0.717, 1.165) is 12.8 Å². The summed E-state index contributed by atoms with van der Waals surface area (Å²) in [6.07, 6.45) is 2.28. The van der Waals surface area contributed by atoms with Crippen molar-refractivity contribution in [2.75, 3.05) is 13.1 Å². The Morgan fingerprint density at radius 3 is 2.64 bits per heavy atom. The number of rotatable bonds is 5. The van der Waals surface area contributed by atoms with E-state index in [9.17, 15) is 14.7 Å². The van der Waals surface area contributed by atoms with E-state index in [0.29, 0.717) is 13.0 Å². The Morgan fingerprint density at radius 2 is 2.05 bits per heavy atom. The Kier molecular flexibility index (Phi) is 5.06. The summed E-state index contributed by atoms with van der Waals surface area (Å²) in [6.45, 7) is 4.45. The highest BCUT2D eigenvalue weighted by atomic mass is 16.4. The average molecular weight is 304 g/mol. The molecule has 5 nitrogen and oxygen atoms in total. The number of carboxylic acid groups (broad SMARTS) is 1. The second-order valence-corrected chi connectivity index (χ2v) is 6.41. The van der Waals surface area contributed by atoms with Gasteiger partial charge in [0.25, 0.3) is 0 Å². The van der Waals surface area contributed by atoms with Crippen molar-refractivity contribution in [3.05, 3.63) is 35.9 Å². The molecule has 22 heavy (non-hydrogen) atoms. The number of carboxylic acids is 1. The van der Waals surface area contributed by atoms with Gasteiger partial charge in [0.05, 0.1) is 5.41 Å². The van der Waals surface area contributed by atoms with Gasteiger partial charge in [-0.15, -0.1) is 0 Å². The molecule has 0 aromatic heterocycles. The fraction of sp³-hybridized carbons (Fsp3) is 0.529. The molecule has 1 saturated heterocycles. The van der Waals surface area contributed by atoms with Crippen molar-refractivity contribution in [3.63, 3.8) is 0 Å². The number of hydrogen-bond donors (Lipinski definition) is 2. The van der Waals surface area contributed by atoms with Gasteiger partial charge in [0.15, 0.2) is 0 Å². The Bertz CT molecular complexity index is 532. The normalized spacial score (nSPS) is 22.4. The van der Waals surface area contributed by atoms with Crippen molar-refractivity contribution in [2.45, 2.75) is 39.2 Å². The van der Waals surface area contributed by atoms with E-state index in [4.69, 9.17) is 0 Å². The van der Waals surface area contributed by atoms with E-state index in [2.05, 4.69) is 17.4 Å². The number of benzene rings is 1. The minimum Gasteiger partial charge on any atom is -0.481 e. The minimum atomic E-state index is -0.833. The fourth-order valence-corrected chi connectivity index (χ4v) is 2.71. The molecule has 1 aromatic carbocycles. The maximum Gasteiger partial charge on any atom is 0.317 e. The number of aryl methyl sites for hydroxylation is 1. The summed E-state index contributed by atoms with van der Waals surface area (Å²) in [4.78, 5) is 25.0. The lowest BCUT2D eigenvalue weighted by Gasteiger charge is -2.23. The third-order valence-electron chi connectivity index (χ3n) is 4.36. The number of nitrogens with zero attached hydrogens (tertiary/aromatic N) is 1. The fourth-order valence-electron chi connectivity index (χ4n) is 2.71. The number of aliphatic carboxylic acids is 1. The molecule has 1 aliphatic heterocycles. The molecule has 2 atom stereocenters. The first-order valence-corrected chi connectivity index (χ1v) is 7.73. The Hall–Kier alpha value is -2.04. The molecule has 1 aliphatic rings. The van der Waals surface area contributed by atoms with Gasteiger partial charge in [-0.1, -0.05) is 30.3 Å². The van der Waals surface area contributed by atoms with Crippen molar-refractivity contribution in [1.82, 2.24) is 10.2 Å². The number of carbonyl (C=O) groups is 2. The van der Waals surface area contributed by atoms with E-state index >= 15 is 0 Å². The molecule has 0 spiro atoms. The lowest BCUT2D eigenvalue weighted by atomic mass is 9.90. The molecule has 0 bridgehead atoms. The Labute approximate surface area is 131 Å². The van der Waals surface area contributed by atoms with E-state index in [-0.39, 0.29) is 18.6 Å². The van der Waals surface area contributed by atoms with Gasteiger partial charge in [0.2, 0.25) is 0 Å². The zero-order chi connectivity index (χ0) is 16.2. The van der Waals surface area contributed by atoms with Crippen LogP contribution in [0.2, 0.25) is 0 Å². The summed E-state index contributed by atoms with van der Waals surface area (Å²) in [6, 6.07) is 10.1. The van der Waals surface area contributed by atoms with Crippen LogP contribution in [0, 0.1) is 5.41 Å². The minimum absolute atomic E-state index is 0.0596. The predicted molar refractivity (Wildman–Crippen MR) is 84.7 cm³/mol. The van der Waals surface area contributed by atoms with Gasteiger partial charge < -0.3 is 15.3 Å². The summed E-state index contributed by atoms with van der Waals surface area (Å²) < 4.78 is 0. The van der Waals surface area contributed by atoms with Gasteiger partial charge in [-0.25, -0.2) is 4.79 Å². The highest BCUT2D eigenvalue weighted by molar-refractivity contribution is 5.79. The lowest BCUT2D eigenvalue weighted by molar-refractivity contribution is -0.146. The number of nitrogens with one attached hydrogen (secondary N) is 1. The van der Waals surface area contributed by atoms with Crippen LogP contribution in [0.3, 0.4) is 0 Å². The highest BCUT2D eigenvalue weighted by Gasteiger charge is 2.42. The molecule has 2 amide bonds. The van der Waals surface area contributed by atoms with Crippen LogP contribution in [0.1, 0.15) is 32.3 Å². The number of urea groups is 1. The van der Waals surface area contributed by atoms with Gasteiger partial charge in [-0.05, 0) is 38.7 Å². The molecule has 2 N–H and O–H groups in total. The molecule has 5 heteroatoms. The van der Waals surface area contributed by atoms with Crippen molar-refractivity contribution in [1.29, 1.82) is 0 Å². The summed E-state index contributed by atoms with van der Waals surface area (Å²) in [5, 5.41) is 12.2. The number of carbonyl (C=O) groups excluding carboxylic acids is 1. The van der Waals surface area contributed by atoms with Crippen molar-refractivity contribution < 1.29 is 14.7 Å². The van der Waals surface area contributed by atoms with E-state index in [1.807, 2.05) is 25.1 Å². The van der Waals surface area contributed by atoms with Crippen LogP contribution in [-0.2, 0) is 11.2 Å². The second-order valence-electron chi connectivity index (χ2n) is 6.41. The third-order valence-corrected chi connectivity index (χ3v) is 4.36. The summed E-state index contributed by atoms with van der Waals surface area (Å²) in [7, 11) is 0. The first-order valence-electron chi connectivity index (χ1n) is 7.73. The monoisotopic (exact) mass is 304 g/mol. The van der Waals surface area contributed by atoms with Crippen LogP contribution in [0.25, 0.3) is 0 Å². The van der Waals surface area contributed by atoms with Gasteiger partial charge in [0.1, 0.15) is 0 Å². The number of hydrogen-bond acceptors (Lipinski definition) is 2. The maximum atomic E-state index is 12.2. The van der Waals surface area contributed by atoms with Crippen molar-refractivity contribution in [3.8, 4) is 0 Å². The van der Waals surface area contributed by atoms with Gasteiger partial charge in [-0.3, -0.25) is 4.79 Å². The summed E-state index contributed by atoms with van der Waals surface area (Å²) in [5.41, 5.74) is 0.438. The molecule has 0 aliphatic carbocycles. The smallest absolute Gasteiger partial charge is 0.317 e. The molecular weight excluding hydrogens is 280 g/mol. The zero-order valence-electron chi connectivity index (χ0n) is 13.2. The Balaban J connectivity index is 1.78. The lowest BCUT2D eigenvalue weighted by Crippen LogP contribution is -2.44. The molecule has 1 fully saturated rings. The van der Waals surface area contributed by atoms with E-state index in [1.54, 1.807) is 11.8 Å².